The molecule has 1 aliphatic carbocycles. The predicted octanol–water partition coefficient (Wildman–Crippen LogP) is 3.85. The maximum absolute atomic E-state index is 6.50. The van der Waals surface area contributed by atoms with Gasteiger partial charge in [0, 0.05) is 25.2 Å². The van der Waals surface area contributed by atoms with E-state index < -0.39 is 0 Å². The molecule has 2 N–H and O–H groups in total. The molecule has 1 aliphatic rings. The van der Waals surface area contributed by atoms with Gasteiger partial charge in [-0.25, -0.2) is 0 Å². The van der Waals surface area contributed by atoms with Crippen LogP contribution in [0.1, 0.15) is 70.2 Å². The van der Waals surface area contributed by atoms with Crippen LogP contribution in [0, 0.1) is 11.8 Å². The van der Waals surface area contributed by atoms with Crippen LogP contribution in [0.2, 0.25) is 0 Å². The first kappa shape index (κ1) is 16.5. The van der Waals surface area contributed by atoms with Gasteiger partial charge in [0.25, 0.3) is 0 Å². The van der Waals surface area contributed by atoms with E-state index in [9.17, 15) is 0 Å². The Morgan fingerprint density at radius 2 is 2.00 bits per heavy atom. The van der Waals surface area contributed by atoms with Crippen molar-refractivity contribution in [3.63, 3.8) is 0 Å². The molecule has 21 heavy (non-hydrogen) atoms. The highest BCUT2D eigenvalue weighted by molar-refractivity contribution is 5.11. The molecule has 0 radical (unpaired) electrons. The quantitative estimate of drug-likeness (QED) is 0.829. The highest BCUT2D eigenvalue weighted by Crippen LogP contribution is 2.33. The fraction of sp³-hybridized carbons (Fsp3) is 0.833. The van der Waals surface area contributed by atoms with Crippen molar-refractivity contribution in [1.29, 1.82) is 0 Å². The van der Waals surface area contributed by atoms with Crippen LogP contribution in [0.15, 0.2) is 6.07 Å². The molecule has 0 aromatic carbocycles. The molecule has 2 rings (SSSR count). The van der Waals surface area contributed by atoms with E-state index in [0.717, 1.165) is 18.8 Å². The van der Waals surface area contributed by atoms with Crippen LogP contribution in [0.5, 0.6) is 0 Å². The van der Waals surface area contributed by atoms with Gasteiger partial charge in [-0.1, -0.05) is 46.0 Å². The lowest BCUT2D eigenvalue weighted by molar-refractivity contribution is 0.229. The number of unbranched alkanes of at least 4 members (excludes halogenated alkanes) is 1. The fourth-order valence-electron chi connectivity index (χ4n) is 3.74. The van der Waals surface area contributed by atoms with Crippen molar-refractivity contribution in [2.45, 2.75) is 77.7 Å². The Labute approximate surface area is 130 Å². The van der Waals surface area contributed by atoms with Gasteiger partial charge in [0.05, 0.1) is 5.69 Å². The minimum Gasteiger partial charge on any atom is -0.327 e. The molecule has 1 unspecified atom stereocenters. The molecular weight excluding hydrogens is 258 g/mol. The van der Waals surface area contributed by atoms with E-state index in [4.69, 9.17) is 5.73 Å². The zero-order valence-electron chi connectivity index (χ0n) is 14.1. The SMILES string of the molecule is CCCCC1CCC(C(N)Cc2cc(CC)nn2C)CC1. The summed E-state index contributed by atoms with van der Waals surface area (Å²) < 4.78 is 2.02. The van der Waals surface area contributed by atoms with Crippen molar-refractivity contribution in [3.8, 4) is 0 Å². The lowest BCUT2D eigenvalue weighted by Crippen LogP contribution is -2.35. The van der Waals surface area contributed by atoms with E-state index in [1.807, 2.05) is 11.7 Å². The second-order valence-electron chi connectivity index (χ2n) is 6.90. The summed E-state index contributed by atoms with van der Waals surface area (Å²) in [5.41, 5.74) is 8.99. The Morgan fingerprint density at radius 1 is 1.29 bits per heavy atom. The van der Waals surface area contributed by atoms with Crippen LogP contribution in [0.4, 0.5) is 0 Å². The van der Waals surface area contributed by atoms with E-state index in [1.54, 1.807) is 0 Å². The smallest absolute Gasteiger partial charge is 0.0624 e. The molecule has 120 valence electrons. The molecule has 1 heterocycles. The predicted molar refractivity (Wildman–Crippen MR) is 89.2 cm³/mol. The molecule has 1 aromatic rings. The van der Waals surface area contributed by atoms with Crippen molar-refractivity contribution in [2.24, 2.45) is 24.6 Å². The molecular formula is C18H33N3. The summed E-state index contributed by atoms with van der Waals surface area (Å²) in [4.78, 5) is 0. The molecule has 1 aromatic heterocycles. The van der Waals surface area contributed by atoms with Crippen LogP contribution in [0.25, 0.3) is 0 Å². The topological polar surface area (TPSA) is 43.8 Å². The number of nitrogens with zero attached hydrogens (tertiary/aromatic N) is 2. The van der Waals surface area contributed by atoms with Crippen molar-refractivity contribution < 1.29 is 0 Å². The monoisotopic (exact) mass is 291 g/mol. The van der Waals surface area contributed by atoms with Crippen LogP contribution in [-0.2, 0) is 19.9 Å². The Hall–Kier alpha value is -0.830. The summed E-state index contributed by atoms with van der Waals surface area (Å²) >= 11 is 0. The molecule has 0 aliphatic heterocycles. The first-order valence-electron chi connectivity index (χ1n) is 8.91. The second kappa shape index (κ2) is 7.98. The van der Waals surface area contributed by atoms with E-state index in [0.29, 0.717) is 12.0 Å². The summed E-state index contributed by atoms with van der Waals surface area (Å²) in [7, 11) is 2.04. The van der Waals surface area contributed by atoms with E-state index in [1.165, 1.54) is 56.3 Å². The van der Waals surface area contributed by atoms with Crippen LogP contribution in [-0.4, -0.2) is 15.8 Å². The lowest BCUT2D eigenvalue weighted by atomic mass is 9.76. The van der Waals surface area contributed by atoms with Crippen LogP contribution < -0.4 is 5.73 Å². The number of hydrogen-bond acceptors (Lipinski definition) is 2. The van der Waals surface area contributed by atoms with Gasteiger partial charge in [0.1, 0.15) is 0 Å². The first-order valence-corrected chi connectivity index (χ1v) is 8.91. The normalized spacial score (nSPS) is 24.2. The number of rotatable bonds is 7. The van der Waals surface area contributed by atoms with Gasteiger partial charge in [-0.2, -0.15) is 5.10 Å². The Balaban J connectivity index is 1.81. The molecule has 1 atom stereocenters. The zero-order valence-corrected chi connectivity index (χ0v) is 14.1. The summed E-state index contributed by atoms with van der Waals surface area (Å²) in [6.07, 6.45) is 11.6. The molecule has 0 spiro atoms. The number of aryl methyl sites for hydroxylation is 2. The minimum atomic E-state index is 0.303. The number of aromatic nitrogens is 2. The average molecular weight is 291 g/mol. The van der Waals surface area contributed by atoms with E-state index >= 15 is 0 Å². The molecule has 3 heteroatoms. The van der Waals surface area contributed by atoms with Crippen molar-refractivity contribution in [1.82, 2.24) is 9.78 Å². The van der Waals surface area contributed by atoms with Gasteiger partial charge >= 0.3 is 0 Å². The molecule has 0 bridgehead atoms. The Kier molecular flexibility index (Phi) is 6.28. The highest BCUT2D eigenvalue weighted by Gasteiger charge is 2.26. The van der Waals surface area contributed by atoms with Gasteiger partial charge in [0.15, 0.2) is 0 Å². The highest BCUT2D eigenvalue weighted by atomic mass is 15.3. The Bertz CT molecular complexity index is 416. The zero-order chi connectivity index (χ0) is 15.2. The number of hydrogen-bond donors (Lipinski definition) is 1. The largest absolute Gasteiger partial charge is 0.327 e. The molecule has 0 amide bonds. The average Bonchev–Trinajstić information content (AvgIpc) is 2.86. The van der Waals surface area contributed by atoms with Gasteiger partial charge in [-0.15, -0.1) is 0 Å². The number of nitrogens with two attached hydrogens (primary N) is 1. The van der Waals surface area contributed by atoms with Crippen LogP contribution in [0.3, 0.4) is 0 Å². The molecule has 3 nitrogen and oxygen atoms in total. The third-order valence-corrected chi connectivity index (χ3v) is 5.30. The van der Waals surface area contributed by atoms with Gasteiger partial charge in [0.2, 0.25) is 0 Å². The van der Waals surface area contributed by atoms with E-state index in [2.05, 4.69) is 25.0 Å². The summed E-state index contributed by atoms with van der Waals surface area (Å²) in [6.45, 7) is 4.45. The third kappa shape index (κ3) is 4.57. The lowest BCUT2D eigenvalue weighted by Gasteiger charge is -2.32. The molecule has 1 saturated carbocycles. The minimum absolute atomic E-state index is 0.303. The van der Waals surface area contributed by atoms with Crippen molar-refractivity contribution >= 4 is 0 Å². The van der Waals surface area contributed by atoms with Crippen LogP contribution >= 0.6 is 0 Å². The van der Waals surface area contributed by atoms with Gasteiger partial charge in [-0.3, -0.25) is 4.68 Å². The Morgan fingerprint density at radius 3 is 2.57 bits per heavy atom. The summed E-state index contributed by atoms with van der Waals surface area (Å²) in [6, 6.07) is 2.53. The second-order valence-corrected chi connectivity index (χ2v) is 6.90. The van der Waals surface area contributed by atoms with Gasteiger partial charge in [-0.05, 0) is 37.2 Å². The fourth-order valence-corrected chi connectivity index (χ4v) is 3.74. The third-order valence-electron chi connectivity index (χ3n) is 5.30. The van der Waals surface area contributed by atoms with Crippen molar-refractivity contribution in [3.05, 3.63) is 17.5 Å². The maximum Gasteiger partial charge on any atom is 0.0624 e. The van der Waals surface area contributed by atoms with Gasteiger partial charge < -0.3 is 5.73 Å². The molecule has 1 fully saturated rings. The molecule has 0 saturated heterocycles. The summed E-state index contributed by atoms with van der Waals surface area (Å²) in [5.74, 6) is 1.68. The first-order chi connectivity index (χ1) is 10.1. The summed E-state index contributed by atoms with van der Waals surface area (Å²) in [5, 5.41) is 4.53. The standard InChI is InChI=1S/C18H33N3/c1-4-6-7-14-8-10-15(11-9-14)18(19)13-17-12-16(5-2)20-21(17)3/h12,14-15,18H,4-11,13,19H2,1-3H3. The maximum atomic E-state index is 6.50. The van der Waals surface area contributed by atoms with E-state index in [-0.39, 0.29) is 0 Å². The van der Waals surface area contributed by atoms with Crippen molar-refractivity contribution in [2.75, 3.05) is 0 Å².